The van der Waals surface area contributed by atoms with Gasteiger partial charge >= 0.3 is 0 Å². The number of amides is 1. The maximum atomic E-state index is 10.7. The summed E-state index contributed by atoms with van der Waals surface area (Å²) in [5, 5.41) is 2.80. The molecule has 88 valence electrons. The zero-order chi connectivity index (χ0) is 11.8. The van der Waals surface area contributed by atoms with E-state index in [1.54, 1.807) is 6.92 Å². The van der Waals surface area contributed by atoms with Gasteiger partial charge in [0.15, 0.2) is 0 Å². The van der Waals surface area contributed by atoms with E-state index in [4.69, 9.17) is 0 Å². The predicted molar refractivity (Wildman–Crippen MR) is 67.4 cm³/mol. The van der Waals surface area contributed by atoms with Crippen molar-refractivity contribution in [2.45, 2.75) is 39.5 Å². The van der Waals surface area contributed by atoms with Crippen molar-refractivity contribution >= 4 is 5.91 Å². The number of rotatable bonds is 6. The van der Waals surface area contributed by atoms with Crippen molar-refractivity contribution in [3.05, 3.63) is 35.4 Å². The van der Waals surface area contributed by atoms with Gasteiger partial charge in [0.1, 0.15) is 0 Å². The van der Waals surface area contributed by atoms with Gasteiger partial charge in [0, 0.05) is 13.5 Å². The van der Waals surface area contributed by atoms with Crippen molar-refractivity contribution < 1.29 is 4.79 Å². The molecule has 1 N–H and O–H groups in total. The molecule has 0 heterocycles. The number of benzene rings is 1. The third-order valence-corrected chi connectivity index (χ3v) is 2.63. The molecule has 0 aliphatic heterocycles. The van der Waals surface area contributed by atoms with Crippen LogP contribution in [-0.4, -0.2) is 12.5 Å². The van der Waals surface area contributed by atoms with Gasteiger partial charge in [-0.3, -0.25) is 4.79 Å². The molecule has 1 aromatic carbocycles. The number of carbonyl (C=O) groups is 1. The van der Waals surface area contributed by atoms with Crippen molar-refractivity contribution in [2.24, 2.45) is 0 Å². The van der Waals surface area contributed by atoms with E-state index < -0.39 is 0 Å². The summed E-state index contributed by atoms with van der Waals surface area (Å²) in [4.78, 5) is 10.7. The summed E-state index contributed by atoms with van der Waals surface area (Å²) in [6, 6.07) is 8.71. The standard InChI is InChI=1S/C14H21NO/c1-3-4-5-13-6-8-14(9-7-13)10-11-15-12(2)16/h6-9H,3-5,10-11H2,1-2H3,(H,15,16). The fourth-order valence-corrected chi connectivity index (χ4v) is 1.64. The van der Waals surface area contributed by atoms with Crippen LogP contribution in [-0.2, 0) is 17.6 Å². The quantitative estimate of drug-likeness (QED) is 0.783. The van der Waals surface area contributed by atoms with Crippen molar-refractivity contribution in [2.75, 3.05) is 6.54 Å². The van der Waals surface area contributed by atoms with Crippen LogP contribution in [0, 0.1) is 0 Å². The molecule has 0 aromatic heterocycles. The van der Waals surface area contributed by atoms with Gasteiger partial charge in [-0.25, -0.2) is 0 Å². The minimum absolute atomic E-state index is 0.0413. The number of nitrogens with one attached hydrogen (secondary N) is 1. The van der Waals surface area contributed by atoms with E-state index >= 15 is 0 Å². The predicted octanol–water partition coefficient (Wildman–Crippen LogP) is 2.71. The number of unbranched alkanes of at least 4 members (excludes halogenated alkanes) is 1. The van der Waals surface area contributed by atoms with Crippen LogP contribution in [0.3, 0.4) is 0 Å². The fraction of sp³-hybridized carbons (Fsp3) is 0.500. The van der Waals surface area contributed by atoms with Crippen LogP contribution in [0.5, 0.6) is 0 Å². The average Bonchev–Trinajstić information content (AvgIpc) is 2.27. The molecule has 0 spiro atoms. The first kappa shape index (κ1) is 12.8. The monoisotopic (exact) mass is 219 g/mol. The fourth-order valence-electron chi connectivity index (χ4n) is 1.64. The summed E-state index contributed by atoms with van der Waals surface area (Å²) >= 11 is 0. The second kappa shape index (κ2) is 7.04. The maximum absolute atomic E-state index is 10.7. The first-order valence-corrected chi connectivity index (χ1v) is 6.04. The molecule has 0 saturated carbocycles. The second-order valence-corrected chi connectivity index (χ2v) is 4.15. The van der Waals surface area contributed by atoms with E-state index in [0.29, 0.717) is 0 Å². The lowest BCUT2D eigenvalue weighted by Gasteiger charge is -2.04. The smallest absolute Gasteiger partial charge is 0.216 e. The Balaban J connectivity index is 2.36. The lowest BCUT2D eigenvalue weighted by molar-refractivity contribution is -0.118. The van der Waals surface area contributed by atoms with Gasteiger partial charge < -0.3 is 5.32 Å². The average molecular weight is 219 g/mol. The Morgan fingerprint density at radius 1 is 1.12 bits per heavy atom. The molecule has 1 aromatic rings. The highest BCUT2D eigenvalue weighted by atomic mass is 16.1. The number of hydrogen-bond acceptors (Lipinski definition) is 1. The molecular weight excluding hydrogens is 198 g/mol. The molecule has 0 bridgehead atoms. The summed E-state index contributed by atoms with van der Waals surface area (Å²) in [5.41, 5.74) is 2.69. The molecule has 0 radical (unpaired) electrons. The van der Waals surface area contributed by atoms with Crippen molar-refractivity contribution in [1.29, 1.82) is 0 Å². The van der Waals surface area contributed by atoms with Gasteiger partial charge in [0.05, 0.1) is 0 Å². The highest BCUT2D eigenvalue weighted by Gasteiger charge is 1.96. The third kappa shape index (κ3) is 4.96. The normalized spacial score (nSPS) is 10.1. The first-order chi connectivity index (χ1) is 7.72. The minimum atomic E-state index is 0.0413. The Morgan fingerprint density at radius 3 is 2.19 bits per heavy atom. The lowest BCUT2D eigenvalue weighted by atomic mass is 10.1. The van der Waals surface area contributed by atoms with Crippen LogP contribution < -0.4 is 5.32 Å². The molecule has 0 aliphatic carbocycles. The molecule has 0 atom stereocenters. The third-order valence-electron chi connectivity index (χ3n) is 2.63. The maximum Gasteiger partial charge on any atom is 0.216 e. The summed E-state index contributed by atoms with van der Waals surface area (Å²) in [5.74, 6) is 0.0413. The van der Waals surface area contributed by atoms with Gasteiger partial charge in [0.25, 0.3) is 0 Å². The van der Waals surface area contributed by atoms with Crippen LogP contribution in [0.15, 0.2) is 24.3 Å². The van der Waals surface area contributed by atoms with Gasteiger partial charge in [-0.05, 0) is 30.4 Å². The van der Waals surface area contributed by atoms with E-state index in [0.717, 1.165) is 13.0 Å². The molecule has 2 heteroatoms. The van der Waals surface area contributed by atoms with Gasteiger partial charge in [-0.1, -0.05) is 37.6 Å². The summed E-state index contributed by atoms with van der Waals surface area (Å²) in [7, 11) is 0. The largest absolute Gasteiger partial charge is 0.356 e. The van der Waals surface area contributed by atoms with Crippen LogP contribution in [0.4, 0.5) is 0 Å². The van der Waals surface area contributed by atoms with E-state index in [9.17, 15) is 4.79 Å². The van der Waals surface area contributed by atoms with Crippen LogP contribution in [0.1, 0.15) is 37.8 Å². The Morgan fingerprint density at radius 2 is 1.69 bits per heavy atom. The molecule has 2 nitrogen and oxygen atoms in total. The Labute approximate surface area is 98.1 Å². The SMILES string of the molecule is CCCCc1ccc(CCNC(C)=O)cc1. The molecule has 0 saturated heterocycles. The van der Waals surface area contributed by atoms with E-state index in [1.165, 1.54) is 30.4 Å². The van der Waals surface area contributed by atoms with E-state index in [2.05, 4.69) is 36.5 Å². The zero-order valence-corrected chi connectivity index (χ0v) is 10.3. The van der Waals surface area contributed by atoms with Crippen LogP contribution >= 0.6 is 0 Å². The number of carbonyl (C=O) groups excluding carboxylic acids is 1. The Hall–Kier alpha value is -1.31. The molecule has 0 fully saturated rings. The molecule has 0 unspecified atom stereocenters. The number of hydrogen-bond donors (Lipinski definition) is 1. The van der Waals surface area contributed by atoms with E-state index in [1.807, 2.05) is 0 Å². The van der Waals surface area contributed by atoms with Gasteiger partial charge in [0.2, 0.25) is 5.91 Å². The molecule has 1 amide bonds. The topological polar surface area (TPSA) is 29.1 Å². The van der Waals surface area contributed by atoms with Gasteiger partial charge in [-0.15, -0.1) is 0 Å². The van der Waals surface area contributed by atoms with Crippen LogP contribution in [0.25, 0.3) is 0 Å². The molecule has 0 aliphatic rings. The molecule has 1 rings (SSSR count). The first-order valence-electron chi connectivity index (χ1n) is 6.04. The Kier molecular flexibility index (Phi) is 5.62. The highest BCUT2D eigenvalue weighted by Crippen LogP contribution is 2.08. The highest BCUT2D eigenvalue weighted by molar-refractivity contribution is 5.72. The van der Waals surface area contributed by atoms with E-state index in [-0.39, 0.29) is 5.91 Å². The second-order valence-electron chi connectivity index (χ2n) is 4.15. The van der Waals surface area contributed by atoms with Gasteiger partial charge in [-0.2, -0.15) is 0 Å². The lowest BCUT2D eigenvalue weighted by Crippen LogP contribution is -2.22. The van der Waals surface area contributed by atoms with Crippen molar-refractivity contribution in [3.63, 3.8) is 0 Å². The van der Waals surface area contributed by atoms with Crippen molar-refractivity contribution in [1.82, 2.24) is 5.32 Å². The summed E-state index contributed by atoms with van der Waals surface area (Å²) < 4.78 is 0. The number of aryl methyl sites for hydroxylation is 1. The Bertz CT molecular complexity index is 316. The zero-order valence-electron chi connectivity index (χ0n) is 10.3. The van der Waals surface area contributed by atoms with Crippen LogP contribution in [0.2, 0.25) is 0 Å². The summed E-state index contributed by atoms with van der Waals surface area (Å²) in [6.07, 6.45) is 4.58. The molecular formula is C14H21NO. The summed E-state index contributed by atoms with van der Waals surface area (Å²) in [6.45, 7) is 4.49. The van der Waals surface area contributed by atoms with Crippen molar-refractivity contribution in [3.8, 4) is 0 Å². The minimum Gasteiger partial charge on any atom is -0.356 e. The molecule has 16 heavy (non-hydrogen) atoms.